The second-order valence-corrected chi connectivity index (χ2v) is 7.65. The normalized spacial score (nSPS) is 16.8. The molecule has 0 radical (unpaired) electrons. The third-order valence-corrected chi connectivity index (χ3v) is 5.43. The molecule has 1 aromatic heterocycles. The first-order valence-corrected chi connectivity index (χ1v) is 10.0. The van der Waals surface area contributed by atoms with Crippen LogP contribution in [0.1, 0.15) is 36.7 Å². The van der Waals surface area contributed by atoms with Gasteiger partial charge in [-0.1, -0.05) is 23.7 Å². The minimum absolute atomic E-state index is 0.267. The molecule has 1 aliphatic heterocycles. The molecule has 0 aliphatic carbocycles. The third-order valence-electron chi connectivity index (χ3n) is 5.20. The van der Waals surface area contributed by atoms with Crippen molar-refractivity contribution in [3.8, 4) is 11.3 Å². The number of carbonyl (C=O) groups excluding carboxylic acids is 1. The van der Waals surface area contributed by atoms with Crippen LogP contribution in [-0.4, -0.2) is 18.5 Å². The molecule has 1 fully saturated rings. The maximum absolute atomic E-state index is 12.5. The Labute approximate surface area is 170 Å². The van der Waals surface area contributed by atoms with Gasteiger partial charge in [0.2, 0.25) is 0 Å². The fourth-order valence-electron chi connectivity index (χ4n) is 3.67. The van der Waals surface area contributed by atoms with E-state index >= 15 is 0 Å². The van der Waals surface area contributed by atoms with E-state index in [0.29, 0.717) is 16.8 Å². The molecule has 1 amide bonds. The Kier molecular flexibility index (Phi) is 5.40. The summed E-state index contributed by atoms with van der Waals surface area (Å²) < 4.78 is 5.71. The van der Waals surface area contributed by atoms with Gasteiger partial charge in [-0.25, -0.2) is 0 Å². The average Bonchev–Trinajstić information content (AvgIpc) is 3.20. The highest BCUT2D eigenvalue weighted by molar-refractivity contribution is 6.30. The minimum atomic E-state index is -0.271. The van der Waals surface area contributed by atoms with Crippen LogP contribution in [-0.2, 0) is 0 Å². The molecule has 1 aliphatic rings. The fourth-order valence-corrected chi connectivity index (χ4v) is 3.86. The van der Waals surface area contributed by atoms with Gasteiger partial charge in [0.15, 0.2) is 5.76 Å². The van der Waals surface area contributed by atoms with Gasteiger partial charge in [0, 0.05) is 34.5 Å². The number of nitrogens with zero attached hydrogens (tertiary/aromatic N) is 1. The summed E-state index contributed by atoms with van der Waals surface area (Å²) >= 11 is 6.02. The Morgan fingerprint density at radius 3 is 2.68 bits per heavy atom. The zero-order valence-electron chi connectivity index (χ0n) is 15.8. The predicted octanol–water partition coefficient (Wildman–Crippen LogP) is 6.23. The summed E-state index contributed by atoms with van der Waals surface area (Å²) in [5, 5.41) is 3.53. The van der Waals surface area contributed by atoms with E-state index in [1.165, 1.54) is 24.9 Å². The smallest absolute Gasteiger partial charge is 0.291 e. The summed E-state index contributed by atoms with van der Waals surface area (Å²) in [6.07, 6.45) is 3.76. The van der Waals surface area contributed by atoms with E-state index in [1.807, 2.05) is 30.3 Å². The summed E-state index contributed by atoms with van der Waals surface area (Å²) in [5.41, 5.74) is 2.79. The predicted molar refractivity (Wildman–Crippen MR) is 114 cm³/mol. The van der Waals surface area contributed by atoms with Crippen LogP contribution in [0.5, 0.6) is 0 Å². The van der Waals surface area contributed by atoms with Crippen molar-refractivity contribution in [1.29, 1.82) is 0 Å². The van der Waals surface area contributed by atoms with E-state index < -0.39 is 0 Å². The van der Waals surface area contributed by atoms with Gasteiger partial charge in [0.05, 0.1) is 0 Å². The molecule has 0 bridgehead atoms. The van der Waals surface area contributed by atoms with E-state index in [1.54, 1.807) is 18.2 Å². The number of carbonyl (C=O) groups is 1. The van der Waals surface area contributed by atoms with Gasteiger partial charge < -0.3 is 14.6 Å². The number of hydrogen-bond donors (Lipinski definition) is 1. The number of nitrogens with one attached hydrogen (secondary N) is 1. The Morgan fingerprint density at radius 2 is 1.93 bits per heavy atom. The van der Waals surface area contributed by atoms with Gasteiger partial charge in [-0.15, -0.1) is 0 Å². The molecular weight excluding hydrogens is 372 g/mol. The molecule has 1 N–H and O–H groups in total. The van der Waals surface area contributed by atoms with Crippen LogP contribution < -0.4 is 10.2 Å². The van der Waals surface area contributed by atoms with Crippen molar-refractivity contribution in [2.75, 3.05) is 16.8 Å². The van der Waals surface area contributed by atoms with Crippen molar-refractivity contribution >= 4 is 28.9 Å². The van der Waals surface area contributed by atoms with Crippen molar-refractivity contribution in [3.63, 3.8) is 0 Å². The van der Waals surface area contributed by atoms with Crippen molar-refractivity contribution in [2.24, 2.45) is 0 Å². The molecule has 2 heterocycles. The lowest BCUT2D eigenvalue weighted by Gasteiger charge is -2.35. The molecule has 2 aromatic carbocycles. The second-order valence-electron chi connectivity index (χ2n) is 7.21. The van der Waals surface area contributed by atoms with E-state index in [4.69, 9.17) is 16.0 Å². The van der Waals surface area contributed by atoms with E-state index in [-0.39, 0.29) is 11.7 Å². The van der Waals surface area contributed by atoms with Crippen LogP contribution >= 0.6 is 11.6 Å². The van der Waals surface area contributed by atoms with Crippen LogP contribution in [0, 0.1) is 0 Å². The Balaban J connectivity index is 1.44. The van der Waals surface area contributed by atoms with Gasteiger partial charge >= 0.3 is 0 Å². The highest BCUT2D eigenvalue weighted by Crippen LogP contribution is 2.27. The number of benzene rings is 2. The first kappa shape index (κ1) is 18.6. The van der Waals surface area contributed by atoms with Crippen LogP contribution in [0.2, 0.25) is 5.02 Å². The molecule has 144 valence electrons. The van der Waals surface area contributed by atoms with Gasteiger partial charge in [-0.05, 0) is 74.7 Å². The first-order valence-electron chi connectivity index (χ1n) is 9.64. The Bertz CT molecular complexity index is 965. The summed E-state index contributed by atoms with van der Waals surface area (Å²) in [6, 6.07) is 19.4. The molecule has 4 nitrogen and oxygen atoms in total. The lowest BCUT2D eigenvalue weighted by Crippen LogP contribution is -2.37. The average molecular weight is 395 g/mol. The highest BCUT2D eigenvalue weighted by atomic mass is 35.5. The summed E-state index contributed by atoms with van der Waals surface area (Å²) in [6.45, 7) is 3.36. The number of rotatable bonds is 4. The largest absolute Gasteiger partial charge is 0.451 e. The zero-order valence-corrected chi connectivity index (χ0v) is 16.6. The molecule has 4 rings (SSSR count). The summed E-state index contributed by atoms with van der Waals surface area (Å²) in [7, 11) is 0. The Morgan fingerprint density at radius 1 is 1.11 bits per heavy atom. The number of amides is 1. The van der Waals surface area contributed by atoms with E-state index in [9.17, 15) is 4.79 Å². The summed E-state index contributed by atoms with van der Waals surface area (Å²) in [4.78, 5) is 15.0. The van der Waals surface area contributed by atoms with Crippen LogP contribution in [0.4, 0.5) is 11.4 Å². The number of halogens is 1. The van der Waals surface area contributed by atoms with Crippen LogP contribution in [0.25, 0.3) is 11.3 Å². The van der Waals surface area contributed by atoms with Gasteiger partial charge in [-0.3, -0.25) is 4.79 Å². The van der Waals surface area contributed by atoms with Gasteiger partial charge in [0.25, 0.3) is 5.91 Å². The number of anilines is 2. The van der Waals surface area contributed by atoms with E-state index in [0.717, 1.165) is 17.8 Å². The van der Waals surface area contributed by atoms with Crippen molar-refractivity contribution < 1.29 is 9.21 Å². The monoisotopic (exact) mass is 394 g/mol. The quantitative estimate of drug-likeness (QED) is 0.570. The second kappa shape index (κ2) is 8.11. The molecule has 0 spiro atoms. The van der Waals surface area contributed by atoms with Gasteiger partial charge in [0.1, 0.15) is 5.76 Å². The molecule has 0 saturated carbocycles. The molecule has 0 unspecified atom stereocenters. The van der Waals surface area contributed by atoms with Crippen molar-refractivity contribution in [2.45, 2.75) is 32.2 Å². The molecule has 5 heteroatoms. The topological polar surface area (TPSA) is 45.5 Å². The molecule has 3 aromatic rings. The van der Waals surface area contributed by atoms with Crippen LogP contribution in [0.15, 0.2) is 65.1 Å². The third kappa shape index (κ3) is 4.07. The zero-order chi connectivity index (χ0) is 19.5. The summed E-state index contributed by atoms with van der Waals surface area (Å²) in [5.74, 6) is 0.609. The van der Waals surface area contributed by atoms with Crippen molar-refractivity contribution in [1.82, 2.24) is 0 Å². The molecule has 28 heavy (non-hydrogen) atoms. The maximum atomic E-state index is 12.5. The fraction of sp³-hybridized carbons (Fsp3) is 0.261. The molecule has 1 saturated heterocycles. The first-order chi connectivity index (χ1) is 13.6. The SMILES string of the molecule is C[C@@H]1CCCCN1c1ccc(NC(=O)c2ccc(-c3cccc(Cl)c3)o2)cc1. The highest BCUT2D eigenvalue weighted by Gasteiger charge is 2.18. The van der Waals surface area contributed by atoms with Gasteiger partial charge in [-0.2, -0.15) is 0 Å². The van der Waals surface area contributed by atoms with E-state index in [2.05, 4.69) is 29.3 Å². The Hall–Kier alpha value is -2.72. The molecular formula is C23H23ClN2O2. The van der Waals surface area contributed by atoms with Crippen LogP contribution in [0.3, 0.4) is 0 Å². The number of piperidine rings is 1. The standard InChI is InChI=1S/C23H23ClN2O2/c1-16-5-2-3-14-26(16)20-10-8-19(9-11-20)25-23(27)22-13-12-21(28-22)17-6-4-7-18(24)15-17/h4,6-13,15-16H,2-3,5,14H2,1H3,(H,25,27)/t16-/m1/s1. The molecule has 1 atom stereocenters. The maximum Gasteiger partial charge on any atom is 0.291 e. The lowest BCUT2D eigenvalue weighted by molar-refractivity contribution is 0.0997. The lowest BCUT2D eigenvalue weighted by atomic mass is 10.0. The number of hydrogen-bond acceptors (Lipinski definition) is 3. The minimum Gasteiger partial charge on any atom is -0.451 e. The number of furan rings is 1. The van der Waals surface area contributed by atoms with Crippen molar-refractivity contribution in [3.05, 3.63) is 71.4 Å².